The molecule has 0 spiro atoms. The monoisotopic (exact) mass is 300 g/mol. The summed E-state index contributed by atoms with van der Waals surface area (Å²) in [4.78, 5) is 1.89. The van der Waals surface area contributed by atoms with Crippen molar-refractivity contribution in [2.45, 2.75) is 32.5 Å². The summed E-state index contributed by atoms with van der Waals surface area (Å²) in [6.45, 7) is 6.21. The lowest BCUT2D eigenvalue weighted by molar-refractivity contribution is -0.274. The van der Waals surface area contributed by atoms with Crippen LogP contribution in [0.25, 0.3) is 10.4 Å². The first-order chi connectivity index (χ1) is 9.17. The van der Waals surface area contributed by atoms with Gasteiger partial charge in [0.25, 0.3) is 0 Å². The fourth-order valence-corrected chi connectivity index (χ4v) is 2.86. The molecule has 0 aliphatic heterocycles. The minimum absolute atomic E-state index is 0.0251. The molecule has 0 aliphatic carbocycles. The number of halogens is 3. The summed E-state index contributed by atoms with van der Waals surface area (Å²) in [6, 6.07) is 9.99. The van der Waals surface area contributed by atoms with E-state index in [2.05, 4.69) is 25.5 Å². The van der Waals surface area contributed by atoms with Crippen molar-refractivity contribution in [3.05, 3.63) is 41.3 Å². The molecular formula is C15H15F3OS. The number of hydrogen-bond donors (Lipinski definition) is 0. The van der Waals surface area contributed by atoms with Gasteiger partial charge in [-0.3, -0.25) is 0 Å². The summed E-state index contributed by atoms with van der Waals surface area (Å²) in [5.74, 6) is -0.165. The molecule has 1 aromatic carbocycles. The van der Waals surface area contributed by atoms with Crippen LogP contribution in [0.2, 0.25) is 0 Å². The second-order valence-corrected chi connectivity index (χ2v) is 6.54. The zero-order valence-electron chi connectivity index (χ0n) is 11.4. The summed E-state index contributed by atoms with van der Waals surface area (Å²) >= 11 is 1.49. The zero-order chi connectivity index (χ0) is 15.0. The van der Waals surface area contributed by atoms with Crippen LogP contribution in [0.1, 0.15) is 25.6 Å². The number of ether oxygens (including phenoxy) is 1. The molecule has 0 N–H and O–H groups in total. The Labute approximate surface area is 120 Å². The van der Waals surface area contributed by atoms with Gasteiger partial charge in [-0.2, -0.15) is 0 Å². The molecule has 2 rings (SSSR count). The molecule has 0 bridgehead atoms. The van der Waals surface area contributed by atoms with E-state index in [1.807, 2.05) is 12.1 Å². The Hall–Kier alpha value is -1.49. The number of rotatable bonds is 2. The zero-order valence-corrected chi connectivity index (χ0v) is 12.2. The van der Waals surface area contributed by atoms with E-state index in [1.165, 1.54) is 23.5 Å². The maximum Gasteiger partial charge on any atom is 0.573 e. The molecule has 2 aromatic rings. The van der Waals surface area contributed by atoms with E-state index < -0.39 is 6.36 Å². The highest BCUT2D eigenvalue weighted by atomic mass is 32.1. The number of alkyl halides is 3. The van der Waals surface area contributed by atoms with Crippen molar-refractivity contribution in [3.8, 4) is 16.2 Å². The van der Waals surface area contributed by atoms with Gasteiger partial charge in [-0.05, 0) is 29.7 Å². The SMILES string of the molecule is CC(C)(C)c1ccc(-c2ccccc2OC(F)(F)F)s1. The van der Waals surface area contributed by atoms with Crippen molar-refractivity contribution >= 4 is 11.3 Å². The first kappa shape index (κ1) is 14.9. The molecule has 5 heteroatoms. The minimum atomic E-state index is -4.68. The molecule has 0 saturated carbocycles. The molecule has 108 valence electrons. The van der Waals surface area contributed by atoms with Gasteiger partial charge >= 0.3 is 6.36 Å². The lowest BCUT2D eigenvalue weighted by atomic mass is 9.95. The Morgan fingerprint density at radius 3 is 2.15 bits per heavy atom. The number of para-hydroxylation sites is 1. The lowest BCUT2D eigenvalue weighted by Gasteiger charge is -2.15. The second kappa shape index (κ2) is 5.13. The van der Waals surface area contributed by atoms with E-state index in [-0.39, 0.29) is 11.2 Å². The first-order valence-corrected chi connectivity index (χ1v) is 6.94. The highest BCUT2D eigenvalue weighted by Crippen LogP contribution is 2.40. The van der Waals surface area contributed by atoms with Crippen LogP contribution in [0.3, 0.4) is 0 Å². The fourth-order valence-electron chi connectivity index (χ4n) is 1.77. The molecule has 0 radical (unpaired) electrons. The molecule has 0 aliphatic rings. The number of benzene rings is 1. The van der Waals surface area contributed by atoms with Crippen LogP contribution < -0.4 is 4.74 Å². The third-order valence-corrected chi connectivity index (χ3v) is 4.27. The third kappa shape index (κ3) is 3.54. The molecule has 0 amide bonds. The topological polar surface area (TPSA) is 9.23 Å². The molecule has 1 nitrogen and oxygen atoms in total. The Morgan fingerprint density at radius 1 is 0.950 bits per heavy atom. The molecule has 0 fully saturated rings. The maximum absolute atomic E-state index is 12.4. The Kier molecular flexibility index (Phi) is 3.82. The van der Waals surface area contributed by atoms with Crippen LogP contribution in [0.15, 0.2) is 36.4 Å². The Bertz CT molecular complexity index is 594. The van der Waals surface area contributed by atoms with Crippen LogP contribution in [0.4, 0.5) is 13.2 Å². The van der Waals surface area contributed by atoms with Crippen LogP contribution in [-0.2, 0) is 5.41 Å². The van der Waals surface area contributed by atoms with Gasteiger partial charge in [-0.15, -0.1) is 24.5 Å². The quantitative estimate of drug-likeness (QED) is 0.700. The van der Waals surface area contributed by atoms with E-state index in [4.69, 9.17) is 0 Å². The summed E-state index contributed by atoms with van der Waals surface area (Å²) in [6.07, 6.45) is -4.68. The number of hydrogen-bond acceptors (Lipinski definition) is 2. The van der Waals surface area contributed by atoms with E-state index in [9.17, 15) is 13.2 Å². The molecule has 0 unspecified atom stereocenters. The standard InChI is InChI=1S/C15H15F3OS/c1-14(2,3)13-9-8-12(20-13)10-6-4-5-7-11(10)19-15(16,17)18/h4-9H,1-3H3. The van der Waals surface area contributed by atoms with Crippen molar-refractivity contribution in [2.24, 2.45) is 0 Å². The van der Waals surface area contributed by atoms with Crippen molar-refractivity contribution in [1.29, 1.82) is 0 Å². The average molecular weight is 300 g/mol. The van der Waals surface area contributed by atoms with Gasteiger partial charge in [-0.1, -0.05) is 32.9 Å². The molecule has 1 heterocycles. The van der Waals surface area contributed by atoms with Gasteiger partial charge in [0.15, 0.2) is 0 Å². The normalized spacial score (nSPS) is 12.5. The van der Waals surface area contributed by atoms with Crippen LogP contribution in [0.5, 0.6) is 5.75 Å². The van der Waals surface area contributed by atoms with Crippen LogP contribution >= 0.6 is 11.3 Å². The Balaban J connectivity index is 2.40. The summed E-state index contributed by atoms with van der Waals surface area (Å²) in [5, 5.41) is 0. The van der Waals surface area contributed by atoms with E-state index in [0.717, 1.165) is 9.75 Å². The fraction of sp³-hybridized carbons (Fsp3) is 0.333. The predicted molar refractivity (Wildman–Crippen MR) is 75.1 cm³/mol. The molecule has 1 aromatic heterocycles. The maximum atomic E-state index is 12.4. The second-order valence-electron chi connectivity index (χ2n) is 5.46. The van der Waals surface area contributed by atoms with Crippen molar-refractivity contribution in [3.63, 3.8) is 0 Å². The van der Waals surface area contributed by atoms with Gasteiger partial charge in [0.05, 0.1) is 0 Å². The minimum Gasteiger partial charge on any atom is -0.405 e. The summed E-state index contributed by atoms with van der Waals surface area (Å²) in [5.41, 5.74) is 0.438. The van der Waals surface area contributed by atoms with Gasteiger partial charge in [0, 0.05) is 15.3 Å². The lowest BCUT2D eigenvalue weighted by Crippen LogP contribution is -2.17. The predicted octanol–water partition coefficient (Wildman–Crippen LogP) is 5.61. The van der Waals surface area contributed by atoms with Gasteiger partial charge in [0.2, 0.25) is 0 Å². The van der Waals surface area contributed by atoms with Gasteiger partial charge < -0.3 is 4.74 Å². The smallest absolute Gasteiger partial charge is 0.405 e. The number of thiophene rings is 1. The van der Waals surface area contributed by atoms with Crippen LogP contribution in [0, 0.1) is 0 Å². The van der Waals surface area contributed by atoms with E-state index in [0.29, 0.717) is 5.56 Å². The summed E-state index contributed by atoms with van der Waals surface area (Å²) < 4.78 is 41.3. The van der Waals surface area contributed by atoms with E-state index in [1.54, 1.807) is 12.1 Å². The van der Waals surface area contributed by atoms with Gasteiger partial charge in [0.1, 0.15) is 5.75 Å². The summed E-state index contributed by atoms with van der Waals surface area (Å²) in [7, 11) is 0. The Morgan fingerprint density at radius 2 is 1.60 bits per heavy atom. The van der Waals surface area contributed by atoms with Crippen molar-refractivity contribution in [2.75, 3.05) is 0 Å². The van der Waals surface area contributed by atoms with Crippen LogP contribution in [-0.4, -0.2) is 6.36 Å². The largest absolute Gasteiger partial charge is 0.573 e. The third-order valence-electron chi connectivity index (χ3n) is 2.72. The van der Waals surface area contributed by atoms with Crippen molar-refractivity contribution in [1.82, 2.24) is 0 Å². The van der Waals surface area contributed by atoms with E-state index >= 15 is 0 Å². The molecule has 0 saturated heterocycles. The van der Waals surface area contributed by atoms with Crippen molar-refractivity contribution < 1.29 is 17.9 Å². The average Bonchev–Trinajstić information content (AvgIpc) is 2.76. The first-order valence-electron chi connectivity index (χ1n) is 6.12. The molecule has 0 atom stereocenters. The highest BCUT2D eigenvalue weighted by molar-refractivity contribution is 7.15. The highest BCUT2D eigenvalue weighted by Gasteiger charge is 2.32. The molecular weight excluding hydrogens is 285 g/mol. The van der Waals surface area contributed by atoms with Gasteiger partial charge in [-0.25, -0.2) is 0 Å². The molecule has 20 heavy (non-hydrogen) atoms.